The normalized spacial score (nSPS) is 27.6. The van der Waals surface area contributed by atoms with Crippen LogP contribution in [0.4, 0.5) is 4.39 Å². The molecule has 2 heterocycles. The number of hydrogen-bond donors (Lipinski definition) is 0. The van der Waals surface area contributed by atoms with Gasteiger partial charge in [-0.2, -0.15) is 0 Å². The van der Waals surface area contributed by atoms with Crippen molar-refractivity contribution in [3.63, 3.8) is 0 Å². The Morgan fingerprint density at radius 1 is 1.04 bits per heavy atom. The molecule has 0 aromatic heterocycles. The first-order valence-corrected chi connectivity index (χ1v) is 9.89. The van der Waals surface area contributed by atoms with Crippen LogP contribution in [0.1, 0.15) is 81.1 Å². The number of piperidine rings is 1. The fourth-order valence-electron chi connectivity index (χ4n) is 5.28. The predicted octanol–water partition coefficient (Wildman–Crippen LogP) is 4.66. The molecule has 1 aromatic carbocycles. The average molecular weight is 344 g/mol. The van der Waals surface area contributed by atoms with Gasteiger partial charge in [0.25, 0.3) is 5.91 Å². The molecule has 1 saturated heterocycles. The highest BCUT2D eigenvalue weighted by Gasteiger charge is 2.49. The summed E-state index contributed by atoms with van der Waals surface area (Å²) in [5.74, 6) is -0.179. The Balaban J connectivity index is 1.68. The van der Waals surface area contributed by atoms with Gasteiger partial charge in [0.15, 0.2) is 0 Å². The fraction of sp³-hybridized carbons (Fsp3) is 0.667. The average Bonchev–Trinajstić information content (AvgIpc) is 2.81. The van der Waals surface area contributed by atoms with Crippen molar-refractivity contribution in [2.24, 2.45) is 0 Å². The maximum atomic E-state index is 13.8. The number of likely N-dealkylation sites (tertiary alicyclic amines) is 1. The molecule has 1 aromatic rings. The van der Waals surface area contributed by atoms with Crippen LogP contribution < -0.4 is 0 Å². The first-order valence-electron chi connectivity index (χ1n) is 9.89. The van der Waals surface area contributed by atoms with Crippen molar-refractivity contribution in [2.45, 2.75) is 83.0 Å². The maximum Gasteiger partial charge on any atom is 0.256 e. The summed E-state index contributed by atoms with van der Waals surface area (Å²) in [6, 6.07) is 5.24. The summed E-state index contributed by atoms with van der Waals surface area (Å²) in [7, 11) is 0. The van der Waals surface area contributed by atoms with Gasteiger partial charge >= 0.3 is 0 Å². The van der Waals surface area contributed by atoms with E-state index in [1.807, 2.05) is 0 Å². The van der Waals surface area contributed by atoms with E-state index in [1.165, 1.54) is 51.0 Å². The van der Waals surface area contributed by atoms with Crippen LogP contribution in [0, 0.1) is 5.82 Å². The fourth-order valence-corrected chi connectivity index (χ4v) is 5.28. The molecule has 136 valence electrons. The highest BCUT2D eigenvalue weighted by atomic mass is 19.1. The van der Waals surface area contributed by atoms with Crippen molar-refractivity contribution in [1.82, 2.24) is 9.80 Å². The van der Waals surface area contributed by atoms with Gasteiger partial charge in [-0.15, -0.1) is 0 Å². The lowest BCUT2D eigenvalue weighted by atomic mass is 9.90. The summed E-state index contributed by atoms with van der Waals surface area (Å²) in [6.45, 7) is 5.23. The Morgan fingerprint density at radius 2 is 1.76 bits per heavy atom. The number of benzene rings is 1. The van der Waals surface area contributed by atoms with Gasteiger partial charge in [-0.3, -0.25) is 9.69 Å². The van der Waals surface area contributed by atoms with Gasteiger partial charge in [-0.25, -0.2) is 4.39 Å². The van der Waals surface area contributed by atoms with Gasteiger partial charge in [0.05, 0.1) is 11.7 Å². The number of fused-ring (bicyclic) bond motifs is 1. The van der Waals surface area contributed by atoms with Crippen LogP contribution in [-0.2, 0) is 5.54 Å². The Kier molecular flexibility index (Phi) is 4.35. The zero-order chi connectivity index (χ0) is 17.6. The number of rotatable bonds is 2. The topological polar surface area (TPSA) is 23.6 Å². The molecule has 4 heteroatoms. The number of hydrogen-bond acceptors (Lipinski definition) is 2. The van der Waals surface area contributed by atoms with Crippen LogP contribution in [0.2, 0.25) is 0 Å². The Hall–Kier alpha value is -1.42. The minimum Gasteiger partial charge on any atom is -0.314 e. The van der Waals surface area contributed by atoms with Crippen molar-refractivity contribution in [2.75, 3.05) is 6.54 Å². The molecule has 1 saturated carbocycles. The molecule has 2 aliphatic heterocycles. The van der Waals surface area contributed by atoms with Crippen molar-refractivity contribution >= 4 is 5.91 Å². The van der Waals surface area contributed by atoms with Crippen molar-refractivity contribution in [3.05, 3.63) is 35.1 Å². The molecule has 3 aliphatic rings. The standard InChI is InChI=1S/C21H29FN2O/c1-21(2)18-14-15(22)11-12-17(18)20(25)24(21)19-10-6-7-13-23(19)16-8-4-3-5-9-16/h11-12,14,16,19H,3-10,13H2,1-2H3. The molecule has 3 nitrogen and oxygen atoms in total. The molecule has 0 spiro atoms. The lowest BCUT2D eigenvalue weighted by Crippen LogP contribution is -2.59. The van der Waals surface area contributed by atoms with Crippen LogP contribution in [0.3, 0.4) is 0 Å². The molecule has 25 heavy (non-hydrogen) atoms. The van der Waals surface area contributed by atoms with Crippen molar-refractivity contribution < 1.29 is 9.18 Å². The Morgan fingerprint density at radius 3 is 2.52 bits per heavy atom. The summed E-state index contributed by atoms with van der Waals surface area (Å²) in [6.07, 6.45) is 10.0. The second-order valence-corrected chi connectivity index (χ2v) is 8.43. The van der Waals surface area contributed by atoms with Gasteiger partial charge in [0.1, 0.15) is 5.82 Å². The second kappa shape index (κ2) is 6.39. The number of carbonyl (C=O) groups is 1. The number of halogens is 1. The van der Waals surface area contributed by atoms with E-state index in [0.717, 1.165) is 18.5 Å². The van der Waals surface area contributed by atoms with Crippen molar-refractivity contribution in [3.8, 4) is 0 Å². The minimum absolute atomic E-state index is 0.0766. The number of nitrogens with zero attached hydrogens (tertiary/aromatic N) is 2. The molecular weight excluding hydrogens is 315 g/mol. The minimum atomic E-state index is -0.455. The SMILES string of the molecule is CC1(C)c2cc(F)ccc2C(=O)N1C1CCCCN1C1CCCCC1. The predicted molar refractivity (Wildman–Crippen MR) is 96.8 cm³/mol. The van der Waals surface area contributed by atoms with E-state index in [4.69, 9.17) is 0 Å². The van der Waals surface area contributed by atoms with Crippen LogP contribution in [-0.4, -0.2) is 34.5 Å². The van der Waals surface area contributed by atoms with Gasteiger partial charge in [-0.1, -0.05) is 19.3 Å². The quantitative estimate of drug-likeness (QED) is 0.779. The van der Waals surface area contributed by atoms with E-state index >= 15 is 0 Å². The molecule has 2 fully saturated rings. The third-order valence-corrected chi connectivity index (χ3v) is 6.55. The third-order valence-electron chi connectivity index (χ3n) is 6.55. The highest BCUT2D eigenvalue weighted by molar-refractivity contribution is 6.00. The van der Waals surface area contributed by atoms with Crippen LogP contribution >= 0.6 is 0 Å². The molecule has 1 amide bonds. The summed E-state index contributed by atoms with van der Waals surface area (Å²) in [5, 5.41) is 0. The van der Waals surface area contributed by atoms with Gasteiger partial charge in [0, 0.05) is 18.2 Å². The largest absolute Gasteiger partial charge is 0.314 e. The highest BCUT2D eigenvalue weighted by Crippen LogP contribution is 2.43. The molecule has 0 N–H and O–H groups in total. The van der Waals surface area contributed by atoms with E-state index in [9.17, 15) is 9.18 Å². The maximum absolute atomic E-state index is 13.8. The second-order valence-electron chi connectivity index (χ2n) is 8.43. The number of carbonyl (C=O) groups excluding carboxylic acids is 1. The van der Waals surface area contributed by atoms with E-state index in [-0.39, 0.29) is 17.9 Å². The zero-order valence-corrected chi connectivity index (χ0v) is 15.4. The molecule has 0 bridgehead atoms. The van der Waals surface area contributed by atoms with E-state index in [1.54, 1.807) is 12.1 Å². The van der Waals surface area contributed by atoms with Crippen LogP contribution in [0.5, 0.6) is 0 Å². The molecule has 1 atom stereocenters. The van der Waals surface area contributed by atoms with Crippen LogP contribution in [0.25, 0.3) is 0 Å². The monoisotopic (exact) mass is 344 g/mol. The summed E-state index contributed by atoms with van der Waals surface area (Å²) in [4.78, 5) is 17.9. The number of amides is 1. The smallest absolute Gasteiger partial charge is 0.256 e. The lowest BCUT2D eigenvalue weighted by Gasteiger charge is -2.50. The third kappa shape index (κ3) is 2.79. The van der Waals surface area contributed by atoms with Crippen molar-refractivity contribution in [1.29, 1.82) is 0 Å². The van der Waals surface area contributed by atoms with Crippen LogP contribution in [0.15, 0.2) is 18.2 Å². The van der Waals surface area contributed by atoms with E-state index in [2.05, 4.69) is 23.6 Å². The van der Waals surface area contributed by atoms with E-state index < -0.39 is 5.54 Å². The first-order chi connectivity index (χ1) is 12.0. The molecule has 4 rings (SSSR count). The lowest BCUT2D eigenvalue weighted by molar-refractivity contribution is -0.0465. The van der Waals surface area contributed by atoms with Gasteiger partial charge in [0.2, 0.25) is 0 Å². The van der Waals surface area contributed by atoms with E-state index in [0.29, 0.717) is 11.6 Å². The summed E-state index contributed by atoms with van der Waals surface area (Å²) in [5.41, 5.74) is 1.07. The molecule has 0 radical (unpaired) electrons. The first kappa shape index (κ1) is 17.0. The summed E-state index contributed by atoms with van der Waals surface area (Å²) >= 11 is 0. The summed E-state index contributed by atoms with van der Waals surface area (Å²) < 4.78 is 13.8. The molecule has 1 aliphatic carbocycles. The Bertz CT molecular complexity index is 666. The molecule has 1 unspecified atom stereocenters. The van der Waals surface area contributed by atoms with Gasteiger partial charge in [-0.05, 0) is 69.7 Å². The molecular formula is C21H29FN2O. The van der Waals surface area contributed by atoms with Gasteiger partial charge < -0.3 is 4.90 Å². The zero-order valence-electron chi connectivity index (χ0n) is 15.4. The Labute approximate surface area is 150 Å².